The summed E-state index contributed by atoms with van der Waals surface area (Å²) in [6.45, 7) is 0.652. The van der Waals surface area contributed by atoms with E-state index in [0.29, 0.717) is 6.61 Å². The number of fused-ring (bicyclic) bond motifs is 1. The van der Waals surface area contributed by atoms with Gasteiger partial charge in [-0.15, -0.1) is 0 Å². The minimum atomic E-state index is 0.652. The summed E-state index contributed by atoms with van der Waals surface area (Å²) in [7, 11) is 0. The summed E-state index contributed by atoms with van der Waals surface area (Å²) in [5.74, 6) is 0.888. The Balaban J connectivity index is 1.75. The van der Waals surface area contributed by atoms with Gasteiger partial charge in [0.2, 0.25) is 0 Å². The summed E-state index contributed by atoms with van der Waals surface area (Å²) in [5.41, 5.74) is 4.73. The summed E-state index contributed by atoms with van der Waals surface area (Å²) < 4.78 is 5.82. The van der Waals surface area contributed by atoms with Gasteiger partial charge in [0, 0.05) is 29.3 Å². The highest BCUT2D eigenvalue weighted by Gasteiger charge is 2.10. The molecule has 0 aliphatic rings. The number of alkyl halides is 1. The first-order valence-corrected chi connectivity index (χ1v) is 10.6. The van der Waals surface area contributed by atoms with E-state index < -0.39 is 0 Å². The van der Waals surface area contributed by atoms with Gasteiger partial charge in [-0.05, 0) is 34.7 Å². The molecule has 0 unspecified atom stereocenters. The number of hydrogen-bond acceptors (Lipinski definition) is 2. The first kappa shape index (κ1) is 18.7. The van der Waals surface area contributed by atoms with E-state index in [-0.39, 0.29) is 0 Å². The molecule has 2 nitrogen and oxygen atoms in total. The van der Waals surface area contributed by atoms with Crippen LogP contribution >= 0.6 is 15.9 Å². The Kier molecular flexibility index (Phi) is 6.03. The number of benzene rings is 3. The first-order chi connectivity index (χ1) is 13.8. The molecule has 1 aromatic heterocycles. The topological polar surface area (TPSA) is 22.1 Å². The highest BCUT2D eigenvalue weighted by atomic mass is 79.9. The molecule has 0 aliphatic heterocycles. The molecular weight excluding hydrogens is 410 g/mol. The first-order valence-electron chi connectivity index (χ1n) is 9.51. The van der Waals surface area contributed by atoms with E-state index >= 15 is 0 Å². The Morgan fingerprint density at radius 2 is 1.43 bits per heavy atom. The van der Waals surface area contributed by atoms with Crippen LogP contribution in [0.4, 0.5) is 0 Å². The zero-order valence-electron chi connectivity index (χ0n) is 15.6. The molecule has 0 amide bonds. The molecule has 0 saturated carbocycles. The molecule has 0 radical (unpaired) electrons. The molecule has 3 heteroatoms. The van der Waals surface area contributed by atoms with E-state index in [1.165, 1.54) is 16.5 Å². The molecule has 140 valence electrons. The molecule has 0 atom stereocenters. The fourth-order valence-corrected chi connectivity index (χ4v) is 3.58. The SMILES string of the molecule is BrCCOc1ccc2cc(Cc3ccccc3)nc(Cc3ccccc3)c2c1. The Bertz CT molecular complexity index is 1050. The van der Waals surface area contributed by atoms with Crippen molar-refractivity contribution in [3.63, 3.8) is 0 Å². The Morgan fingerprint density at radius 3 is 2.11 bits per heavy atom. The molecule has 1 heterocycles. The summed E-state index contributed by atoms with van der Waals surface area (Å²) in [6.07, 6.45) is 1.64. The third kappa shape index (κ3) is 4.60. The number of pyridine rings is 1. The lowest BCUT2D eigenvalue weighted by Gasteiger charge is -2.12. The van der Waals surface area contributed by atoms with E-state index in [2.05, 4.69) is 82.7 Å². The number of hydrogen-bond donors (Lipinski definition) is 0. The second kappa shape index (κ2) is 9.03. The van der Waals surface area contributed by atoms with E-state index in [1.54, 1.807) is 0 Å². The van der Waals surface area contributed by atoms with Crippen LogP contribution in [0, 0.1) is 0 Å². The monoisotopic (exact) mass is 431 g/mol. The van der Waals surface area contributed by atoms with Gasteiger partial charge >= 0.3 is 0 Å². The maximum Gasteiger partial charge on any atom is 0.120 e. The third-order valence-electron chi connectivity index (χ3n) is 4.72. The smallest absolute Gasteiger partial charge is 0.120 e. The van der Waals surface area contributed by atoms with Crippen molar-refractivity contribution in [3.8, 4) is 5.75 Å². The molecule has 0 spiro atoms. The summed E-state index contributed by atoms with van der Waals surface area (Å²) in [4.78, 5) is 5.05. The highest BCUT2D eigenvalue weighted by molar-refractivity contribution is 9.09. The number of halogens is 1. The summed E-state index contributed by atoms with van der Waals surface area (Å²) in [6, 6.07) is 29.5. The van der Waals surface area contributed by atoms with Crippen molar-refractivity contribution >= 4 is 26.7 Å². The molecule has 0 aliphatic carbocycles. The van der Waals surface area contributed by atoms with E-state index in [0.717, 1.165) is 40.7 Å². The molecule has 0 saturated heterocycles. The fourth-order valence-electron chi connectivity index (χ4n) is 3.42. The van der Waals surface area contributed by atoms with E-state index in [9.17, 15) is 0 Å². The number of aromatic nitrogens is 1. The van der Waals surface area contributed by atoms with E-state index in [4.69, 9.17) is 9.72 Å². The van der Waals surface area contributed by atoms with Crippen LogP contribution in [0.3, 0.4) is 0 Å². The number of rotatable bonds is 7. The average molecular weight is 432 g/mol. The molecule has 0 N–H and O–H groups in total. The average Bonchev–Trinajstić information content (AvgIpc) is 2.74. The minimum absolute atomic E-state index is 0.652. The van der Waals surface area contributed by atoms with Crippen LogP contribution in [0.15, 0.2) is 84.9 Å². The Morgan fingerprint density at radius 1 is 0.750 bits per heavy atom. The van der Waals surface area contributed by atoms with Crippen molar-refractivity contribution in [1.29, 1.82) is 0 Å². The normalized spacial score (nSPS) is 10.9. The zero-order chi connectivity index (χ0) is 19.2. The van der Waals surface area contributed by atoms with Gasteiger partial charge in [0.05, 0.1) is 12.3 Å². The van der Waals surface area contributed by atoms with Crippen LogP contribution < -0.4 is 4.74 Å². The Hall–Kier alpha value is -2.65. The lowest BCUT2D eigenvalue weighted by atomic mass is 10.0. The van der Waals surface area contributed by atoms with Crippen LogP contribution in [0.5, 0.6) is 5.75 Å². The van der Waals surface area contributed by atoms with Crippen LogP contribution in [-0.2, 0) is 12.8 Å². The van der Waals surface area contributed by atoms with Crippen molar-refractivity contribution in [2.45, 2.75) is 12.8 Å². The van der Waals surface area contributed by atoms with E-state index in [1.807, 2.05) is 18.2 Å². The van der Waals surface area contributed by atoms with Gasteiger partial charge in [-0.1, -0.05) is 82.7 Å². The maximum atomic E-state index is 5.82. The fraction of sp³-hybridized carbons (Fsp3) is 0.160. The van der Waals surface area contributed by atoms with Crippen LogP contribution in [0.1, 0.15) is 22.5 Å². The van der Waals surface area contributed by atoms with Crippen molar-refractivity contribution < 1.29 is 4.74 Å². The standard InChI is InChI=1S/C25H22BrNO/c26-13-14-28-23-12-11-21-17-22(15-19-7-3-1-4-8-19)27-25(24(21)18-23)16-20-9-5-2-6-10-20/h1-12,17-18H,13-16H2. The van der Waals surface area contributed by atoms with Crippen LogP contribution in [0.25, 0.3) is 10.8 Å². The minimum Gasteiger partial charge on any atom is -0.493 e. The van der Waals surface area contributed by atoms with Gasteiger partial charge in [-0.25, -0.2) is 0 Å². The van der Waals surface area contributed by atoms with Crippen molar-refractivity contribution in [2.24, 2.45) is 0 Å². The predicted octanol–water partition coefficient (Wildman–Crippen LogP) is 6.19. The lowest BCUT2D eigenvalue weighted by molar-refractivity contribution is 0.345. The van der Waals surface area contributed by atoms with Crippen molar-refractivity contribution in [1.82, 2.24) is 4.98 Å². The second-order valence-corrected chi connectivity index (χ2v) is 7.60. The van der Waals surface area contributed by atoms with Gasteiger partial charge in [-0.2, -0.15) is 0 Å². The largest absolute Gasteiger partial charge is 0.493 e. The second-order valence-electron chi connectivity index (χ2n) is 6.81. The van der Waals surface area contributed by atoms with Gasteiger partial charge < -0.3 is 4.74 Å². The van der Waals surface area contributed by atoms with Crippen LogP contribution in [0.2, 0.25) is 0 Å². The van der Waals surface area contributed by atoms with Crippen molar-refractivity contribution in [2.75, 3.05) is 11.9 Å². The van der Waals surface area contributed by atoms with Gasteiger partial charge in [-0.3, -0.25) is 4.98 Å². The predicted molar refractivity (Wildman–Crippen MR) is 120 cm³/mol. The molecule has 28 heavy (non-hydrogen) atoms. The molecule has 0 fully saturated rings. The molecule has 3 aromatic carbocycles. The Labute approximate surface area is 174 Å². The third-order valence-corrected chi connectivity index (χ3v) is 5.05. The lowest BCUT2D eigenvalue weighted by Crippen LogP contribution is -2.01. The molecule has 0 bridgehead atoms. The van der Waals surface area contributed by atoms with Gasteiger partial charge in [0.25, 0.3) is 0 Å². The summed E-state index contributed by atoms with van der Waals surface area (Å²) >= 11 is 3.42. The molecule has 4 aromatic rings. The molecular formula is C25H22BrNO. The molecule has 4 rings (SSSR count). The van der Waals surface area contributed by atoms with Gasteiger partial charge in [0.1, 0.15) is 5.75 Å². The van der Waals surface area contributed by atoms with Crippen molar-refractivity contribution in [3.05, 3.63) is 107 Å². The maximum absolute atomic E-state index is 5.82. The zero-order valence-corrected chi connectivity index (χ0v) is 17.2. The summed E-state index contributed by atoms with van der Waals surface area (Å²) in [5, 5.41) is 3.18. The quantitative estimate of drug-likeness (QED) is 0.325. The van der Waals surface area contributed by atoms with Crippen LogP contribution in [-0.4, -0.2) is 16.9 Å². The number of ether oxygens (including phenoxy) is 1. The number of nitrogens with zero attached hydrogens (tertiary/aromatic N) is 1. The highest BCUT2D eigenvalue weighted by Crippen LogP contribution is 2.27. The van der Waals surface area contributed by atoms with Gasteiger partial charge in [0.15, 0.2) is 0 Å².